The first-order valence-corrected chi connectivity index (χ1v) is 5.80. The molecular weight excluding hydrogens is 220 g/mol. The van der Waals surface area contributed by atoms with Crippen molar-refractivity contribution in [2.24, 2.45) is 5.11 Å². The molecule has 1 amide bonds. The SMILES string of the molecule is CC1(N=[N+]=[N-])CCN(C(=O)OC(C)(C)C)CC1. The van der Waals surface area contributed by atoms with Crippen molar-refractivity contribution in [1.82, 2.24) is 4.90 Å². The minimum atomic E-state index is -0.470. The van der Waals surface area contributed by atoms with Gasteiger partial charge in [-0.05, 0) is 39.1 Å². The Hall–Kier alpha value is -1.42. The number of azide groups is 1. The molecule has 0 N–H and O–H groups in total. The third kappa shape index (κ3) is 4.15. The van der Waals surface area contributed by atoms with Crippen molar-refractivity contribution < 1.29 is 9.53 Å². The molecule has 0 radical (unpaired) electrons. The predicted octanol–water partition coefficient (Wildman–Crippen LogP) is 3.09. The van der Waals surface area contributed by atoms with Gasteiger partial charge in [-0.15, -0.1) is 0 Å². The molecule has 96 valence electrons. The quantitative estimate of drug-likeness (QED) is 0.401. The molecule has 0 aliphatic carbocycles. The minimum absolute atomic E-state index is 0.291. The molecule has 0 atom stereocenters. The number of nitrogens with zero attached hydrogens (tertiary/aromatic N) is 4. The van der Waals surface area contributed by atoms with Crippen molar-refractivity contribution in [2.45, 2.75) is 51.7 Å². The molecule has 17 heavy (non-hydrogen) atoms. The van der Waals surface area contributed by atoms with E-state index in [2.05, 4.69) is 10.0 Å². The molecule has 0 spiro atoms. The van der Waals surface area contributed by atoms with Crippen LogP contribution in [0.4, 0.5) is 4.79 Å². The van der Waals surface area contributed by atoms with Crippen LogP contribution in [0.1, 0.15) is 40.5 Å². The molecule has 0 aromatic heterocycles. The first kappa shape index (κ1) is 13.6. The second kappa shape index (κ2) is 4.84. The lowest BCUT2D eigenvalue weighted by Crippen LogP contribution is -2.46. The Bertz CT molecular complexity index is 334. The van der Waals surface area contributed by atoms with Crippen molar-refractivity contribution >= 4 is 6.09 Å². The molecule has 0 aromatic rings. The van der Waals surface area contributed by atoms with Gasteiger partial charge in [0.25, 0.3) is 0 Å². The zero-order valence-electron chi connectivity index (χ0n) is 10.9. The van der Waals surface area contributed by atoms with Crippen LogP contribution in [0.5, 0.6) is 0 Å². The zero-order valence-corrected chi connectivity index (χ0v) is 10.9. The van der Waals surface area contributed by atoms with Crippen molar-refractivity contribution in [3.8, 4) is 0 Å². The molecule has 1 aliphatic heterocycles. The van der Waals surface area contributed by atoms with Gasteiger partial charge in [-0.25, -0.2) is 4.79 Å². The van der Waals surface area contributed by atoms with Crippen LogP contribution in [-0.2, 0) is 4.74 Å². The van der Waals surface area contributed by atoms with E-state index in [1.165, 1.54) is 0 Å². The summed E-state index contributed by atoms with van der Waals surface area (Å²) in [5, 5.41) is 3.79. The largest absolute Gasteiger partial charge is 0.444 e. The molecule has 0 unspecified atom stereocenters. The average Bonchev–Trinajstić information content (AvgIpc) is 2.15. The summed E-state index contributed by atoms with van der Waals surface area (Å²) in [7, 11) is 0. The number of hydrogen-bond donors (Lipinski definition) is 0. The smallest absolute Gasteiger partial charge is 0.410 e. The molecule has 6 heteroatoms. The normalized spacial score (nSPS) is 19.4. The number of likely N-dealkylation sites (tertiary alicyclic amines) is 1. The zero-order chi connectivity index (χ0) is 13.1. The van der Waals surface area contributed by atoms with Crippen molar-refractivity contribution in [3.05, 3.63) is 10.4 Å². The highest BCUT2D eigenvalue weighted by molar-refractivity contribution is 5.68. The summed E-state index contributed by atoms with van der Waals surface area (Å²) in [6, 6.07) is 0. The lowest BCUT2D eigenvalue weighted by atomic mass is 9.91. The Kier molecular flexibility index (Phi) is 3.88. The third-order valence-electron chi connectivity index (χ3n) is 2.78. The van der Waals surface area contributed by atoms with Crippen LogP contribution in [0.3, 0.4) is 0 Å². The lowest BCUT2D eigenvalue weighted by Gasteiger charge is -2.36. The molecule has 1 saturated heterocycles. The molecule has 1 fully saturated rings. The van der Waals surface area contributed by atoms with Crippen molar-refractivity contribution in [1.29, 1.82) is 0 Å². The Labute approximate surface area is 102 Å². The second-order valence-electron chi connectivity index (χ2n) is 5.65. The van der Waals surface area contributed by atoms with E-state index >= 15 is 0 Å². The fourth-order valence-corrected chi connectivity index (χ4v) is 1.71. The van der Waals surface area contributed by atoms with Crippen molar-refractivity contribution in [3.63, 3.8) is 0 Å². The van der Waals surface area contributed by atoms with Crippen LogP contribution in [0.25, 0.3) is 10.4 Å². The van der Waals surface area contributed by atoms with Gasteiger partial charge in [-0.3, -0.25) is 0 Å². The summed E-state index contributed by atoms with van der Waals surface area (Å²) in [4.78, 5) is 16.3. The Balaban J connectivity index is 2.52. The van der Waals surface area contributed by atoms with Crippen LogP contribution in [-0.4, -0.2) is 35.2 Å². The molecule has 1 rings (SSSR count). The molecule has 1 heterocycles. The van der Waals surface area contributed by atoms with Crippen LogP contribution in [0.15, 0.2) is 5.11 Å². The third-order valence-corrected chi connectivity index (χ3v) is 2.78. The van der Waals surface area contributed by atoms with Gasteiger partial charge >= 0.3 is 6.09 Å². The van der Waals surface area contributed by atoms with Crippen LogP contribution < -0.4 is 0 Å². The van der Waals surface area contributed by atoms with E-state index in [-0.39, 0.29) is 11.6 Å². The number of hydrogen-bond acceptors (Lipinski definition) is 3. The number of piperidine rings is 1. The van der Waals surface area contributed by atoms with E-state index in [0.29, 0.717) is 25.9 Å². The van der Waals surface area contributed by atoms with Gasteiger partial charge in [0, 0.05) is 23.5 Å². The van der Waals surface area contributed by atoms with Gasteiger partial charge in [0.15, 0.2) is 0 Å². The topological polar surface area (TPSA) is 78.3 Å². The van der Waals surface area contributed by atoms with Gasteiger partial charge in [-0.1, -0.05) is 12.0 Å². The lowest BCUT2D eigenvalue weighted by molar-refractivity contribution is 0.0177. The number of carbonyl (C=O) groups excluding carboxylic acids is 1. The maximum atomic E-state index is 11.8. The maximum Gasteiger partial charge on any atom is 0.410 e. The summed E-state index contributed by atoms with van der Waals surface area (Å²) in [6.07, 6.45) is 1.06. The molecule has 6 nitrogen and oxygen atoms in total. The summed E-state index contributed by atoms with van der Waals surface area (Å²) in [5.74, 6) is 0. The Morgan fingerprint density at radius 1 is 1.41 bits per heavy atom. The van der Waals surface area contributed by atoms with E-state index in [9.17, 15) is 4.79 Å². The maximum absolute atomic E-state index is 11.8. The molecule has 1 aliphatic rings. The molecule has 0 saturated carbocycles. The molecular formula is C11H20N4O2. The van der Waals surface area contributed by atoms with Gasteiger partial charge in [0.2, 0.25) is 0 Å². The van der Waals surface area contributed by atoms with Crippen LogP contribution >= 0.6 is 0 Å². The Morgan fingerprint density at radius 3 is 2.35 bits per heavy atom. The van der Waals surface area contributed by atoms with Gasteiger partial charge in [0.1, 0.15) is 5.60 Å². The number of ether oxygens (including phenoxy) is 1. The fourth-order valence-electron chi connectivity index (χ4n) is 1.71. The minimum Gasteiger partial charge on any atom is -0.444 e. The van der Waals surface area contributed by atoms with E-state index in [1.54, 1.807) is 4.90 Å². The van der Waals surface area contributed by atoms with E-state index in [4.69, 9.17) is 10.3 Å². The van der Waals surface area contributed by atoms with Crippen LogP contribution in [0.2, 0.25) is 0 Å². The Morgan fingerprint density at radius 2 is 1.94 bits per heavy atom. The van der Waals surface area contributed by atoms with E-state index in [0.717, 1.165) is 0 Å². The summed E-state index contributed by atoms with van der Waals surface area (Å²) >= 11 is 0. The monoisotopic (exact) mass is 240 g/mol. The predicted molar refractivity (Wildman–Crippen MR) is 64.6 cm³/mol. The number of rotatable bonds is 1. The molecule has 0 bridgehead atoms. The van der Waals surface area contributed by atoms with Crippen LogP contribution in [0, 0.1) is 0 Å². The van der Waals surface area contributed by atoms with Gasteiger partial charge in [0.05, 0.1) is 0 Å². The highest BCUT2D eigenvalue weighted by atomic mass is 16.6. The summed E-state index contributed by atoms with van der Waals surface area (Å²) in [5.41, 5.74) is 7.63. The van der Waals surface area contributed by atoms with Gasteiger partial charge in [-0.2, -0.15) is 0 Å². The van der Waals surface area contributed by atoms with Gasteiger partial charge < -0.3 is 9.64 Å². The first-order valence-electron chi connectivity index (χ1n) is 5.80. The first-order chi connectivity index (χ1) is 7.76. The molecule has 0 aromatic carbocycles. The van der Waals surface area contributed by atoms with E-state index < -0.39 is 5.60 Å². The average molecular weight is 240 g/mol. The van der Waals surface area contributed by atoms with E-state index in [1.807, 2.05) is 27.7 Å². The highest BCUT2D eigenvalue weighted by Crippen LogP contribution is 2.26. The number of carbonyl (C=O) groups is 1. The number of amides is 1. The fraction of sp³-hybridized carbons (Fsp3) is 0.909. The second-order valence-corrected chi connectivity index (χ2v) is 5.65. The summed E-state index contributed by atoms with van der Waals surface area (Å²) < 4.78 is 5.29. The highest BCUT2D eigenvalue weighted by Gasteiger charge is 2.32. The summed E-state index contributed by atoms with van der Waals surface area (Å²) in [6.45, 7) is 8.60. The standard InChI is InChI=1S/C11H20N4O2/c1-10(2,3)17-9(16)15-7-5-11(4,6-8-15)13-14-12/h5-8H2,1-4H3. The van der Waals surface area contributed by atoms with Crippen molar-refractivity contribution in [2.75, 3.05) is 13.1 Å².